The van der Waals surface area contributed by atoms with Crippen LogP contribution in [0.2, 0.25) is 0 Å². The van der Waals surface area contributed by atoms with E-state index >= 15 is 0 Å². The highest BCUT2D eigenvalue weighted by molar-refractivity contribution is 5.88. The molecule has 0 radical (unpaired) electrons. The summed E-state index contributed by atoms with van der Waals surface area (Å²) in [4.78, 5) is 14.3. The number of aliphatic carboxylic acids is 1. The molecule has 0 bridgehead atoms. The lowest BCUT2D eigenvalue weighted by Crippen LogP contribution is -2.22. The Bertz CT molecular complexity index is 626. The Morgan fingerprint density at radius 1 is 1.42 bits per heavy atom. The van der Waals surface area contributed by atoms with Crippen LogP contribution in [0, 0.1) is 6.92 Å². The van der Waals surface area contributed by atoms with Gasteiger partial charge < -0.3 is 14.8 Å². The first-order chi connectivity index (χ1) is 8.85. The summed E-state index contributed by atoms with van der Waals surface area (Å²) in [5, 5.41) is 10.0. The van der Waals surface area contributed by atoms with E-state index in [0.29, 0.717) is 0 Å². The average Bonchev–Trinajstić information content (AvgIpc) is 2.65. The average molecular weight is 261 g/mol. The second-order valence-electron chi connectivity index (χ2n) is 5.51. The summed E-state index contributed by atoms with van der Waals surface area (Å²) in [7, 11) is 1.62. The number of hydrogen-bond acceptors (Lipinski definition) is 2. The third kappa shape index (κ3) is 2.43. The number of aromatic amines is 1. The first kappa shape index (κ1) is 13.5. The van der Waals surface area contributed by atoms with E-state index in [-0.39, 0.29) is 6.42 Å². The molecule has 0 fully saturated rings. The van der Waals surface area contributed by atoms with E-state index in [1.54, 1.807) is 7.11 Å². The largest absolute Gasteiger partial charge is 0.496 e. The Morgan fingerprint density at radius 2 is 2.11 bits per heavy atom. The molecular formula is C15H19NO3. The van der Waals surface area contributed by atoms with Crippen molar-refractivity contribution < 1.29 is 14.6 Å². The zero-order valence-corrected chi connectivity index (χ0v) is 11.7. The number of benzene rings is 1. The summed E-state index contributed by atoms with van der Waals surface area (Å²) in [6, 6.07) is 5.94. The van der Waals surface area contributed by atoms with Gasteiger partial charge in [-0.2, -0.15) is 0 Å². The predicted molar refractivity (Wildman–Crippen MR) is 74.9 cm³/mol. The van der Waals surface area contributed by atoms with Crippen molar-refractivity contribution in [2.75, 3.05) is 7.11 Å². The Hall–Kier alpha value is -1.97. The van der Waals surface area contributed by atoms with Gasteiger partial charge in [-0.15, -0.1) is 0 Å². The van der Waals surface area contributed by atoms with Gasteiger partial charge in [0.25, 0.3) is 0 Å². The number of ether oxygens (including phenoxy) is 1. The van der Waals surface area contributed by atoms with Crippen molar-refractivity contribution in [3.05, 3.63) is 29.5 Å². The summed E-state index contributed by atoms with van der Waals surface area (Å²) in [5.41, 5.74) is 2.51. The van der Waals surface area contributed by atoms with Gasteiger partial charge in [0.2, 0.25) is 0 Å². The molecule has 0 spiro atoms. The van der Waals surface area contributed by atoms with Gasteiger partial charge in [0.15, 0.2) is 0 Å². The summed E-state index contributed by atoms with van der Waals surface area (Å²) < 4.78 is 5.53. The number of hydrogen-bond donors (Lipinski definition) is 2. The minimum atomic E-state index is -0.808. The zero-order valence-electron chi connectivity index (χ0n) is 11.7. The topological polar surface area (TPSA) is 62.3 Å². The van der Waals surface area contributed by atoms with Crippen molar-refractivity contribution in [3.63, 3.8) is 0 Å². The zero-order chi connectivity index (χ0) is 14.2. The maximum absolute atomic E-state index is 11.0. The summed E-state index contributed by atoms with van der Waals surface area (Å²) in [6.45, 7) is 5.83. The number of aromatic nitrogens is 1. The van der Waals surface area contributed by atoms with Crippen molar-refractivity contribution in [1.82, 2.24) is 4.98 Å². The first-order valence-corrected chi connectivity index (χ1v) is 6.24. The van der Waals surface area contributed by atoms with E-state index in [2.05, 4.69) is 4.98 Å². The fourth-order valence-corrected chi connectivity index (χ4v) is 2.54. The standard InChI is InChI=1S/C15H19NO3/c1-9-7-10-12(16-9)6-5-11(14(10)19-4)15(2,3)8-13(17)18/h5-7,16H,8H2,1-4H3,(H,17,18). The second kappa shape index (κ2) is 4.61. The van der Waals surface area contributed by atoms with E-state index in [0.717, 1.165) is 27.9 Å². The Labute approximate surface area is 112 Å². The third-order valence-electron chi connectivity index (χ3n) is 3.42. The van der Waals surface area contributed by atoms with Crippen LogP contribution in [0.3, 0.4) is 0 Å². The lowest BCUT2D eigenvalue weighted by molar-refractivity contribution is -0.138. The number of methoxy groups -OCH3 is 1. The number of carbonyl (C=O) groups is 1. The van der Waals surface area contributed by atoms with Crippen LogP contribution in [0.1, 0.15) is 31.5 Å². The minimum absolute atomic E-state index is 0.0677. The normalized spacial score (nSPS) is 11.8. The molecule has 2 aromatic rings. The molecule has 19 heavy (non-hydrogen) atoms. The molecule has 2 N–H and O–H groups in total. The minimum Gasteiger partial charge on any atom is -0.496 e. The molecule has 1 aromatic heterocycles. The molecule has 0 unspecified atom stereocenters. The molecule has 0 saturated carbocycles. The maximum Gasteiger partial charge on any atom is 0.304 e. The van der Waals surface area contributed by atoms with Crippen LogP contribution in [0.5, 0.6) is 5.75 Å². The maximum atomic E-state index is 11.0. The highest BCUT2D eigenvalue weighted by Crippen LogP contribution is 2.39. The summed E-state index contributed by atoms with van der Waals surface area (Å²) in [5.74, 6) is -0.0505. The highest BCUT2D eigenvalue weighted by atomic mass is 16.5. The van der Waals surface area contributed by atoms with Crippen molar-refractivity contribution in [3.8, 4) is 5.75 Å². The number of rotatable bonds is 4. The van der Waals surface area contributed by atoms with E-state index in [9.17, 15) is 4.79 Å². The predicted octanol–water partition coefficient (Wildman–Crippen LogP) is 3.24. The number of fused-ring (bicyclic) bond motifs is 1. The molecule has 0 aliphatic rings. The fourth-order valence-electron chi connectivity index (χ4n) is 2.54. The van der Waals surface area contributed by atoms with Crippen LogP contribution in [0.4, 0.5) is 0 Å². The summed E-state index contributed by atoms with van der Waals surface area (Å²) >= 11 is 0. The van der Waals surface area contributed by atoms with Gasteiger partial charge in [-0.3, -0.25) is 4.79 Å². The number of H-pyrrole nitrogens is 1. The van der Waals surface area contributed by atoms with Crippen molar-refractivity contribution in [2.24, 2.45) is 0 Å². The quantitative estimate of drug-likeness (QED) is 0.888. The highest BCUT2D eigenvalue weighted by Gasteiger charge is 2.28. The SMILES string of the molecule is COc1c(C(C)(C)CC(=O)O)ccc2[nH]c(C)cc12. The molecule has 0 saturated heterocycles. The molecule has 0 aliphatic heterocycles. The van der Waals surface area contributed by atoms with Crippen LogP contribution < -0.4 is 4.74 Å². The van der Waals surface area contributed by atoms with Gasteiger partial charge in [-0.1, -0.05) is 19.9 Å². The Morgan fingerprint density at radius 3 is 2.68 bits per heavy atom. The lowest BCUT2D eigenvalue weighted by Gasteiger charge is -2.25. The van der Waals surface area contributed by atoms with E-state index in [1.165, 1.54) is 0 Å². The van der Waals surface area contributed by atoms with Crippen LogP contribution in [-0.2, 0) is 10.2 Å². The van der Waals surface area contributed by atoms with Crippen LogP contribution >= 0.6 is 0 Å². The molecule has 0 aliphatic carbocycles. The van der Waals surface area contributed by atoms with E-state index in [1.807, 2.05) is 39.0 Å². The number of carboxylic acid groups (broad SMARTS) is 1. The third-order valence-corrected chi connectivity index (χ3v) is 3.42. The second-order valence-corrected chi connectivity index (χ2v) is 5.51. The lowest BCUT2D eigenvalue weighted by atomic mass is 9.80. The van der Waals surface area contributed by atoms with E-state index in [4.69, 9.17) is 9.84 Å². The Kier molecular flexibility index (Phi) is 3.27. The van der Waals surface area contributed by atoms with Gasteiger partial charge in [-0.25, -0.2) is 0 Å². The molecule has 2 rings (SSSR count). The van der Waals surface area contributed by atoms with Crippen LogP contribution in [0.25, 0.3) is 10.9 Å². The van der Waals surface area contributed by atoms with E-state index < -0.39 is 11.4 Å². The number of carboxylic acids is 1. The monoisotopic (exact) mass is 261 g/mol. The van der Waals surface area contributed by atoms with Gasteiger partial charge in [-0.05, 0) is 19.1 Å². The molecule has 0 amide bonds. The molecule has 102 valence electrons. The molecule has 4 heteroatoms. The van der Waals surface area contributed by atoms with Gasteiger partial charge in [0.1, 0.15) is 5.75 Å². The molecular weight excluding hydrogens is 242 g/mol. The first-order valence-electron chi connectivity index (χ1n) is 6.24. The van der Waals surface area contributed by atoms with Gasteiger partial charge in [0, 0.05) is 27.6 Å². The fraction of sp³-hybridized carbons (Fsp3) is 0.400. The Balaban J connectivity index is 2.63. The molecule has 1 aromatic carbocycles. The molecule has 1 heterocycles. The van der Waals surface area contributed by atoms with Crippen molar-refractivity contribution >= 4 is 16.9 Å². The van der Waals surface area contributed by atoms with Gasteiger partial charge in [0.05, 0.1) is 13.5 Å². The van der Waals surface area contributed by atoms with Gasteiger partial charge >= 0.3 is 5.97 Å². The van der Waals surface area contributed by atoms with Crippen LogP contribution in [-0.4, -0.2) is 23.2 Å². The molecule has 0 atom stereocenters. The number of aryl methyl sites for hydroxylation is 1. The smallest absolute Gasteiger partial charge is 0.304 e. The number of nitrogens with one attached hydrogen (secondary N) is 1. The molecule has 4 nitrogen and oxygen atoms in total. The van der Waals surface area contributed by atoms with Crippen LogP contribution in [0.15, 0.2) is 18.2 Å². The van der Waals surface area contributed by atoms with Crippen molar-refractivity contribution in [1.29, 1.82) is 0 Å². The van der Waals surface area contributed by atoms with Crippen molar-refractivity contribution in [2.45, 2.75) is 32.6 Å². The summed E-state index contributed by atoms with van der Waals surface area (Å²) in [6.07, 6.45) is 0.0677.